The van der Waals surface area contributed by atoms with Crippen molar-refractivity contribution >= 4 is 0 Å². The van der Waals surface area contributed by atoms with Gasteiger partial charge in [-0.3, -0.25) is 4.98 Å². The molecule has 0 aliphatic heterocycles. The monoisotopic (exact) mass is 141 g/mol. The van der Waals surface area contributed by atoms with Crippen molar-refractivity contribution in [1.82, 2.24) is 9.97 Å². The fourth-order valence-corrected chi connectivity index (χ4v) is 0.687. The van der Waals surface area contributed by atoms with Crippen molar-refractivity contribution < 1.29 is 8.85 Å². The maximum absolute atomic E-state index is 6.86. The minimum atomic E-state index is -2.46. The summed E-state index contributed by atoms with van der Waals surface area (Å²) in [5, 5.41) is 0. The van der Waals surface area contributed by atoms with E-state index in [4.69, 9.17) is 4.11 Å². The molecule has 0 unspecified atom stereocenters. The molecule has 0 amide bonds. The molecule has 1 heterocycles. The first-order valence-electron chi connectivity index (χ1n) is 4.38. The first-order valence-corrected chi connectivity index (χ1v) is 2.88. The molecule has 54 valence electrons. The zero-order valence-electron chi connectivity index (χ0n) is 8.88. The van der Waals surface area contributed by atoms with Crippen molar-refractivity contribution in [2.45, 2.75) is 13.8 Å². The molecule has 0 saturated heterocycles. The number of aryl methyl sites for hydroxylation is 2. The third-order valence-electron chi connectivity index (χ3n) is 1.12. The number of nitrogens with zero attached hydrogens (tertiary/aromatic N) is 2. The van der Waals surface area contributed by atoms with Gasteiger partial charge in [0.05, 0.1) is 28.7 Å². The minimum Gasteiger partial charge on any atom is -0.480 e. The standard InChI is InChI=1S/C7H10N2O/c1-5-4-8-7(10-3)6(2)9-5/h4H,1-3H3/i3D3. The third-order valence-corrected chi connectivity index (χ3v) is 1.12. The fraction of sp³-hybridized carbons (Fsp3) is 0.429. The molecule has 1 aromatic rings. The molecule has 0 aliphatic rings. The second-order valence-electron chi connectivity index (χ2n) is 2.00. The normalized spacial score (nSPS) is 15.2. The molecule has 0 atom stereocenters. The van der Waals surface area contributed by atoms with Crippen LogP contribution in [-0.4, -0.2) is 17.0 Å². The Labute approximate surface area is 64.3 Å². The topological polar surface area (TPSA) is 35.0 Å². The number of hydrogen-bond donors (Lipinski definition) is 0. The van der Waals surface area contributed by atoms with E-state index in [1.165, 1.54) is 6.20 Å². The Hall–Kier alpha value is -1.12. The number of rotatable bonds is 1. The van der Waals surface area contributed by atoms with Crippen LogP contribution in [0.4, 0.5) is 0 Å². The van der Waals surface area contributed by atoms with Gasteiger partial charge < -0.3 is 4.74 Å². The van der Waals surface area contributed by atoms with Gasteiger partial charge in [-0.1, -0.05) is 0 Å². The average Bonchev–Trinajstić information content (AvgIpc) is 1.93. The summed E-state index contributed by atoms with van der Waals surface area (Å²) < 4.78 is 25.2. The Morgan fingerprint density at radius 3 is 3.00 bits per heavy atom. The van der Waals surface area contributed by atoms with E-state index in [-0.39, 0.29) is 5.88 Å². The summed E-state index contributed by atoms with van der Waals surface area (Å²) in [6.45, 7) is 3.43. The van der Waals surface area contributed by atoms with Gasteiger partial charge in [0.1, 0.15) is 0 Å². The molecule has 0 spiro atoms. The summed E-state index contributed by atoms with van der Waals surface area (Å²) in [4.78, 5) is 7.84. The van der Waals surface area contributed by atoms with E-state index in [1.807, 2.05) is 0 Å². The lowest BCUT2D eigenvalue weighted by Gasteiger charge is -2.00. The van der Waals surface area contributed by atoms with Gasteiger partial charge in [-0.05, 0) is 13.8 Å². The van der Waals surface area contributed by atoms with E-state index >= 15 is 0 Å². The summed E-state index contributed by atoms with van der Waals surface area (Å²) in [6, 6.07) is 0. The van der Waals surface area contributed by atoms with E-state index in [1.54, 1.807) is 13.8 Å². The summed E-state index contributed by atoms with van der Waals surface area (Å²) in [6.07, 6.45) is 1.47. The molecule has 3 nitrogen and oxygen atoms in total. The lowest BCUT2D eigenvalue weighted by atomic mass is 10.4. The fourth-order valence-electron chi connectivity index (χ4n) is 0.687. The van der Waals surface area contributed by atoms with Crippen LogP contribution in [0.2, 0.25) is 0 Å². The highest BCUT2D eigenvalue weighted by molar-refractivity contribution is 5.17. The molecule has 0 fully saturated rings. The van der Waals surface area contributed by atoms with Crippen molar-refractivity contribution in [2.75, 3.05) is 7.04 Å². The Kier molecular flexibility index (Phi) is 1.03. The number of ether oxygens (including phenoxy) is 1. The number of methoxy groups -OCH3 is 1. The smallest absolute Gasteiger partial charge is 0.235 e. The highest BCUT2D eigenvalue weighted by Crippen LogP contribution is 2.09. The third kappa shape index (κ3) is 1.23. The van der Waals surface area contributed by atoms with E-state index in [2.05, 4.69) is 14.7 Å². The van der Waals surface area contributed by atoms with Crippen molar-refractivity contribution in [3.63, 3.8) is 0 Å². The molecular formula is C7H10N2O. The molecule has 1 rings (SSSR count). The van der Waals surface area contributed by atoms with Crippen LogP contribution in [0.1, 0.15) is 15.5 Å². The largest absolute Gasteiger partial charge is 0.480 e. The predicted molar refractivity (Wildman–Crippen MR) is 38.1 cm³/mol. The molecule has 0 saturated carbocycles. The molecule has 0 radical (unpaired) electrons. The molecule has 0 aliphatic carbocycles. The predicted octanol–water partition coefficient (Wildman–Crippen LogP) is 1.10. The lowest BCUT2D eigenvalue weighted by Crippen LogP contribution is -1.94. The zero-order chi connectivity index (χ0) is 10.1. The van der Waals surface area contributed by atoms with Crippen LogP contribution in [0.5, 0.6) is 5.88 Å². The van der Waals surface area contributed by atoms with Crippen molar-refractivity contribution in [3.8, 4) is 5.88 Å². The van der Waals surface area contributed by atoms with Crippen LogP contribution in [0.15, 0.2) is 6.20 Å². The second-order valence-corrected chi connectivity index (χ2v) is 2.00. The highest BCUT2D eigenvalue weighted by atomic mass is 16.5. The van der Waals surface area contributed by atoms with Crippen LogP contribution in [0, 0.1) is 13.8 Å². The Morgan fingerprint density at radius 2 is 2.40 bits per heavy atom. The summed E-state index contributed by atoms with van der Waals surface area (Å²) in [7, 11) is -2.46. The average molecular weight is 141 g/mol. The van der Waals surface area contributed by atoms with E-state index in [9.17, 15) is 0 Å². The molecule has 0 bridgehead atoms. The molecular weight excluding hydrogens is 128 g/mol. The van der Waals surface area contributed by atoms with E-state index < -0.39 is 7.04 Å². The van der Waals surface area contributed by atoms with Gasteiger partial charge in [-0.15, -0.1) is 0 Å². The first kappa shape index (κ1) is 3.91. The molecule has 1 aromatic heterocycles. The Bertz CT molecular complexity index is 311. The first-order chi connectivity index (χ1) is 5.88. The summed E-state index contributed by atoms with van der Waals surface area (Å²) >= 11 is 0. The van der Waals surface area contributed by atoms with Gasteiger partial charge in [-0.2, -0.15) is 0 Å². The molecule has 0 aromatic carbocycles. The van der Waals surface area contributed by atoms with Gasteiger partial charge in [0.15, 0.2) is 0 Å². The SMILES string of the molecule is [2H]C([2H])([2H])Oc1ncc(C)nc1C. The van der Waals surface area contributed by atoms with Gasteiger partial charge in [0.2, 0.25) is 5.88 Å². The van der Waals surface area contributed by atoms with Crippen LogP contribution < -0.4 is 4.74 Å². The minimum absolute atomic E-state index is 0.0607. The highest BCUT2D eigenvalue weighted by Gasteiger charge is 1.98. The number of hydrogen-bond acceptors (Lipinski definition) is 3. The second kappa shape index (κ2) is 2.64. The summed E-state index contributed by atoms with van der Waals surface area (Å²) in [5.74, 6) is 0.0607. The zero-order valence-corrected chi connectivity index (χ0v) is 5.88. The van der Waals surface area contributed by atoms with Crippen molar-refractivity contribution in [2.24, 2.45) is 0 Å². The van der Waals surface area contributed by atoms with Crippen molar-refractivity contribution in [3.05, 3.63) is 17.6 Å². The number of aromatic nitrogens is 2. The van der Waals surface area contributed by atoms with E-state index in [0.29, 0.717) is 5.69 Å². The maximum Gasteiger partial charge on any atom is 0.235 e. The quantitative estimate of drug-likeness (QED) is 0.587. The van der Waals surface area contributed by atoms with Crippen LogP contribution in [0.3, 0.4) is 0 Å². The van der Waals surface area contributed by atoms with E-state index in [0.717, 1.165) is 5.69 Å². The van der Waals surface area contributed by atoms with Crippen LogP contribution in [0.25, 0.3) is 0 Å². The van der Waals surface area contributed by atoms with Crippen LogP contribution in [-0.2, 0) is 0 Å². The van der Waals surface area contributed by atoms with Crippen LogP contribution >= 0.6 is 0 Å². The maximum atomic E-state index is 6.86. The molecule has 0 N–H and O–H groups in total. The van der Waals surface area contributed by atoms with Gasteiger partial charge in [-0.25, -0.2) is 4.98 Å². The molecule has 3 heteroatoms. The molecule has 10 heavy (non-hydrogen) atoms. The van der Waals surface area contributed by atoms with Gasteiger partial charge in [0, 0.05) is 0 Å². The lowest BCUT2D eigenvalue weighted by molar-refractivity contribution is 0.391. The van der Waals surface area contributed by atoms with Crippen molar-refractivity contribution in [1.29, 1.82) is 0 Å². The Morgan fingerprint density at radius 1 is 1.60 bits per heavy atom. The van der Waals surface area contributed by atoms with Gasteiger partial charge >= 0.3 is 0 Å². The van der Waals surface area contributed by atoms with Gasteiger partial charge in [0.25, 0.3) is 0 Å². The summed E-state index contributed by atoms with van der Waals surface area (Å²) in [5.41, 5.74) is 1.21. The Balaban J connectivity index is 2.90.